The summed E-state index contributed by atoms with van der Waals surface area (Å²) in [6.07, 6.45) is 2.42. The zero-order valence-corrected chi connectivity index (χ0v) is 16.8. The molecule has 0 spiro atoms. The lowest BCUT2D eigenvalue weighted by molar-refractivity contribution is -0.118. The predicted molar refractivity (Wildman–Crippen MR) is 105 cm³/mol. The Hall–Kier alpha value is -1.34. The lowest BCUT2D eigenvalue weighted by Gasteiger charge is -2.15. The van der Waals surface area contributed by atoms with Crippen LogP contribution in [0.5, 0.6) is 0 Å². The molecule has 0 aliphatic heterocycles. The quantitative estimate of drug-likeness (QED) is 0.547. The zero-order chi connectivity index (χ0) is 18.0. The molecule has 1 aliphatic carbocycles. The lowest BCUT2D eigenvalue weighted by Crippen LogP contribution is -2.29. The zero-order valence-electron chi connectivity index (χ0n) is 14.4. The van der Waals surface area contributed by atoms with Gasteiger partial charge in [-0.15, -0.1) is 0 Å². The van der Waals surface area contributed by atoms with E-state index in [1.165, 1.54) is 24.6 Å². The molecule has 1 aliphatic rings. The van der Waals surface area contributed by atoms with Gasteiger partial charge in [-0.2, -0.15) is 0 Å². The van der Waals surface area contributed by atoms with E-state index < -0.39 is 0 Å². The molecule has 1 fully saturated rings. The maximum Gasteiger partial charge on any atom is 0.262 e. The topological polar surface area (TPSA) is 64.0 Å². The Labute approximate surface area is 159 Å². The Bertz CT molecular complexity index is 846. The van der Waals surface area contributed by atoms with Crippen molar-refractivity contribution in [3.63, 3.8) is 0 Å². The number of nitrogens with zero attached hydrogens (tertiary/aromatic N) is 2. The molecule has 3 rings (SSSR count). The van der Waals surface area contributed by atoms with Gasteiger partial charge < -0.3 is 5.32 Å². The van der Waals surface area contributed by atoms with Crippen LogP contribution in [0.4, 0.5) is 0 Å². The normalized spacial score (nSPS) is 14.2. The molecule has 0 radical (unpaired) electrons. The van der Waals surface area contributed by atoms with Gasteiger partial charge in [-0.3, -0.25) is 14.2 Å². The van der Waals surface area contributed by atoms with Gasteiger partial charge in [0.1, 0.15) is 0 Å². The fourth-order valence-corrected chi connectivity index (χ4v) is 3.77. The number of benzene rings is 1. The number of carbonyl (C=O) groups excluding carboxylic acids is 1. The van der Waals surface area contributed by atoms with Gasteiger partial charge in [-0.05, 0) is 42.9 Å². The van der Waals surface area contributed by atoms with Crippen LogP contribution in [-0.4, -0.2) is 27.8 Å². The van der Waals surface area contributed by atoms with Gasteiger partial charge in [0.25, 0.3) is 5.56 Å². The average molecular weight is 424 g/mol. The highest BCUT2D eigenvalue weighted by atomic mass is 79.9. The van der Waals surface area contributed by atoms with E-state index in [4.69, 9.17) is 0 Å². The number of aromatic nitrogens is 2. The molecule has 1 heterocycles. The summed E-state index contributed by atoms with van der Waals surface area (Å²) in [5.74, 6) is 1.25. The molecule has 0 bridgehead atoms. The summed E-state index contributed by atoms with van der Waals surface area (Å²) >= 11 is 4.74. The number of carbonyl (C=O) groups is 1. The molecular formula is C18H22BrN3O2S. The smallest absolute Gasteiger partial charge is 0.262 e. The van der Waals surface area contributed by atoms with E-state index in [9.17, 15) is 9.59 Å². The highest BCUT2D eigenvalue weighted by Gasteiger charge is 2.22. The summed E-state index contributed by atoms with van der Waals surface area (Å²) in [6.45, 7) is 5.47. The van der Waals surface area contributed by atoms with E-state index in [1.54, 1.807) is 10.6 Å². The van der Waals surface area contributed by atoms with Crippen molar-refractivity contribution in [1.29, 1.82) is 0 Å². The summed E-state index contributed by atoms with van der Waals surface area (Å²) in [5.41, 5.74) is 0.606. The van der Waals surface area contributed by atoms with Crippen LogP contribution >= 0.6 is 27.7 Å². The highest BCUT2D eigenvalue weighted by Crippen LogP contribution is 2.27. The Morgan fingerprint density at radius 2 is 2.20 bits per heavy atom. The molecule has 0 saturated heterocycles. The van der Waals surface area contributed by atoms with Crippen LogP contribution in [0.3, 0.4) is 0 Å². The fraction of sp³-hybridized carbons (Fsp3) is 0.500. The van der Waals surface area contributed by atoms with Crippen LogP contribution in [0.1, 0.15) is 26.7 Å². The second kappa shape index (κ2) is 7.91. The summed E-state index contributed by atoms with van der Waals surface area (Å²) < 4.78 is 2.55. The minimum absolute atomic E-state index is 0.00171. The first-order chi connectivity index (χ1) is 11.9. The van der Waals surface area contributed by atoms with E-state index in [0.29, 0.717) is 34.4 Å². The maximum atomic E-state index is 12.9. The molecule has 1 amide bonds. The van der Waals surface area contributed by atoms with Crippen LogP contribution < -0.4 is 10.9 Å². The van der Waals surface area contributed by atoms with E-state index in [0.717, 1.165) is 11.0 Å². The first-order valence-corrected chi connectivity index (χ1v) is 10.3. The van der Waals surface area contributed by atoms with Crippen LogP contribution in [0, 0.1) is 11.8 Å². The average Bonchev–Trinajstić information content (AvgIpc) is 3.38. The van der Waals surface area contributed by atoms with Crippen molar-refractivity contribution in [1.82, 2.24) is 14.9 Å². The van der Waals surface area contributed by atoms with Crippen molar-refractivity contribution in [2.24, 2.45) is 11.8 Å². The monoisotopic (exact) mass is 423 g/mol. The molecule has 134 valence electrons. The number of nitrogens with one attached hydrogen (secondary N) is 1. The van der Waals surface area contributed by atoms with E-state index >= 15 is 0 Å². The second-order valence-corrected chi connectivity index (χ2v) is 8.76. The molecule has 1 N–H and O–H groups in total. The van der Waals surface area contributed by atoms with Gasteiger partial charge in [-0.1, -0.05) is 41.5 Å². The summed E-state index contributed by atoms with van der Waals surface area (Å²) in [5, 5.41) is 4.15. The molecule has 2 aromatic rings. The lowest BCUT2D eigenvalue weighted by atomic mass is 10.2. The van der Waals surface area contributed by atoms with Crippen LogP contribution in [-0.2, 0) is 11.3 Å². The third-order valence-corrected chi connectivity index (χ3v) is 5.52. The molecule has 1 aromatic heterocycles. The van der Waals surface area contributed by atoms with Gasteiger partial charge in [0.2, 0.25) is 5.91 Å². The number of amides is 1. The van der Waals surface area contributed by atoms with Gasteiger partial charge in [0.05, 0.1) is 16.7 Å². The number of fused-ring (bicyclic) bond motifs is 1. The van der Waals surface area contributed by atoms with Gasteiger partial charge in [0.15, 0.2) is 5.16 Å². The van der Waals surface area contributed by atoms with Gasteiger partial charge in [0, 0.05) is 17.6 Å². The predicted octanol–water partition coefficient (Wildman–Crippen LogP) is 3.43. The number of rotatable bonds is 7. The minimum Gasteiger partial charge on any atom is -0.355 e. The van der Waals surface area contributed by atoms with E-state index in [1.807, 2.05) is 12.1 Å². The van der Waals surface area contributed by atoms with Crippen LogP contribution in [0.15, 0.2) is 32.6 Å². The van der Waals surface area contributed by atoms with Crippen molar-refractivity contribution in [2.45, 2.75) is 38.4 Å². The number of thioether (sulfide) groups is 1. The van der Waals surface area contributed by atoms with Crippen molar-refractivity contribution >= 4 is 44.5 Å². The molecule has 7 heteroatoms. The van der Waals surface area contributed by atoms with Gasteiger partial charge >= 0.3 is 0 Å². The van der Waals surface area contributed by atoms with Crippen LogP contribution in [0.2, 0.25) is 0 Å². The number of hydrogen-bond donors (Lipinski definition) is 1. The molecule has 0 unspecified atom stereocenters. The largest absolute Gasteiger partial charge is 0.355 e. The molecular weight excluding hydrogens is 402 g/mol. The second-order valence-electron chi connectivity index (χ2n) is 6.90. The van der Waals surface area contributed by atoms with E-state index in [2.05, 4.69) is 40.1 Å². The summed E-state index contributed by atoms with van der Waals surface area (Å²) in [7, 11) is 0. The molecule has 1 aromatic carbocycles. The molecule has 0 atom stereocenters. The number of halogens is 1. The van der Waals surface area contributed by atoms with Crippen molar-refractivity contribution in [2.75, 3.05) is 12.3 Å². The SMILES string of the molecule is CC(C)Cn1c(SCC(=O)NCC2CC2)nc2ccc(Br)cc2c1=O. The maximum absolute atomic E-state index is 12.9. The third kappa shape index (κ3) is 4.85. The Morgan fingerprint density at radius 1 is 1.44 bits per heavy atom. The van der Waals surface area contributed by atoms with Crippen molar-refractivity contribution < 1.29 is 4.79 Å². The summed E-state index contributed by atoms with van der Waals surface area (Å²) in [4.78, 5) is 29.5. The van der Waals surface area contributed by atoms with Crippen molar-refractivity contribution in [3.05, 3.63) is 33.0 Å². The highest BCUT2D eigenvalue weighted by molar-refractivity contribution is 9.10. The first kappa shape index (κ1) is 18.5. The third-order valence-electron chi connectivity index (χ3n) is 4.05. The molecule has 1 saturated carbocycles. The minimum atomic E-state index is -0.0547. The Kier molecular flexibility index (Phi) is 5.84. The molecule has 5 nitrogen and oxygen atoms in total. The van der Waals surface area contributed by atoms with Crippen molar-refractivity contribution in [3.8, 4) is 0 Å². The molecule has 25 heavy (non-hydrogen) atoms. The van der Waals surface area contributed by atoms with Gasteiger partial charge in [-0.25, -0.2) is 4.98 Å². The summed E-state index contributed by atoms with van der Waals surface area (Å²) in [6, 6.07) is 5.51. The van der Waals surface area contributed by atoms with E-state index in [-0.39, 0.29) is 17.2 Å². The first-order valence-electron chi connectivity index (χ1n) is 8.53. The number of hydrogen-bond acceptors (Lipinski definition) is 4. The van der Waals surface area contributed by atoms with Crippen LogP contribution in [0.25, 0.3) is 10.9 Å². The fourth-order valence-electron chi connectivity index (χ4n) is 2.57. The Morgan fingerprint density at radius 3 is 2.88 bits per heavy atom. The standard InChI is InChI=1S/C18H22BrN3O2S/c1-11(2)9-22-17(24)14-7-13(19)5-6-15(14)21-18(22)25-10-16(23)20-8-12-3-4-12/h5-7,11-12H,3-4,8-10H2,1-2H3,(H,20,23). The Balaban J connectivity index is 1.84.